The fourth-order valence-electron chi connectivity index (χ4n) is 0.303. The van der Waals surface area contributed by atoms with Gasteiger partial charge in [0.25, 0.3) is 0 Å². The molecule has 20 heavy (non-hydrogen) atoms. The lowest BCUT2D eigenvalue weighted by molar-refractivity contribution is 0.736. The molecular formula is C14H33N5S. The molecule has 0 aliphatic rings. The van der Waals surface area contributed by atoms with Crippen molar-refractivity contribution in [2.45, 2.75) is 56.4 Å². The summed E-state index contributed by atoms with van der Waals surface area (Å²) in [5.41, 5.74) is 1.68. The van der Waals surface area contributed by atoms with Crippen LogP contribution >= 0.6 is 11.5 Å². The van der Waals surface area contributed by atoms with Crippen LogP contribution in [0.25, 0.3) is 0 Å². The highest BCUT2D eigenvalue weighted by atomic mass is 32.1. The molecule has 0 aliphatic heterocycles. The number of H-pyrrole nitrogens is 1. The van der Waals surface area contributed by atoms with Gasteiger partial charge in [0.15, 0.2) is 0 Å². The van der Waals surface area contributed by atoms with E-state index in [9.17, 15) is 0 Å². The van der Waals surface area contributed by atoms with Gasteiger partial charge in [-0.15, -0.1) is 0 Å². The molecule has 120 valence electrons. The van der Waals surface area contributed by atoms with E-state index in [1.54, 1.807) is 5.51 Å². The van der Waals surface area contributed by atoms with Crippen molar-refractivity contribution < 1.29 is 0 Å². The molecule has 0 fully saturated rings. The molecule has 2 heterocycles. The van der Waals surface area contributed by atoms with E-state index in [1.807, 2.05) is 0 Å². The van der Waals surface area contributed by atoms with E-state index in [1.165, 1.54) is 30.5 Å². The molecule has 2 aromatic rings. The lowest BCUT2D eigenvalue weighted by Crippen LogP contribution is -1.66. The van der Waals surface area contributed by atoms with Crippen molar-refractivity contribution in [1.29, 1.82) is 0 Å². The Hall–Kier alpha value is -1.30. The van der Waals surface area contributed by atoms with Crippen LogP contribution < -0.4 is 0 Å². The Morgan fingerprint density at radius 2 is 1.35 bits per heavy atom. The van der Waals surface area contributed by atoms with Gasteiger partial charge >= 0.3 is 0 Å². The predicted octanol–water partition coefficient (Wildman–Crippen LogP) is 4.94. The zero-order chi connectivity index (χ0) is 14.2. The van der Waals surface area contributed by atoms with Gasteiger partial charge in [-0.05, 0) is 23.4 Å². The van der Waals surface area contributed by atoms with Crippen molar-refractivity contribution in [2.75, 3.05) is 0 Å². The molecule has 0 spiro atoms. The molecule has 0 aromatic carbocycles. The summed E-state index contributed by atoms with van der Waals surface area (Å²) < 4.78 is 3.65. The van der Waals surface area contributed by atoms with E-state index >= 15 is 0 Å². The molecule has 0 unspecified atom stereocenters. The van der Waals surface area contributed by atoms with Crippen molar-refractivity contribution in [3.8, 4) is 0 Å². The van der Waals surface area contributed by atoms with Crippen LogP contribution in [0.3, 0.4) is 0 Å². The lowest BCUT2D eigenvalue weighted by Gasteiger charge is -1.79. The van der Waals surface area contributed by atoms with Gasteiger partial charge in [0.2, 0.25) is 0 Å². The highest BCUT2D eigenvalue weighted by Gasteiger charge is 1.68. The Bertz CT molecular complexity index is 221. The van der Waals surface area contributed by atoms with Gasteiger partial charge in [-0.2, -0.15) is 9.47 Å². The molecule has 1 N–H and O–H groups in total. The number of nitrogens with zero attached hydrogens (tertiary/aromatic N) is 4. The van der Waals surface area contributed by atoms with Gasteiger partial charge < -0.3 is 0 Å². The SMILES string of the molecule is C.C.CC(C)C.CC(C)C.c1nc[nH]n1.c1ncsn1. The van der Waals surface area contributed by atoms with Crippen LogP contribution in [0.1, 0.15) is 56.4 Å². The third-order valence-corrected chi connectivity index (χ3v) is 1.05. The predicted molar refractivity (Wildman–Crippen MR) is 90.8 cm³/mol. The maximum Gasteiger partial charge on any atom is 0.137 e. The van der Waals surface area contributed by atoms with Crippen molar-refractivity contribution >= 4 is 11.5 Å². The average Bonchev–Trinajstić information content (AvgIpc) is 2.96. The fourth-order valence-corrected chi connectivity index (χ4v) is 0.575. The normalized spacial score (nSPS) is 7.60. The van der Waals surface area contributed by atoms with E-state index in [2.05, 4.69) is 66.1 Å². The minimum absolute atomic E-state index is 0. The fraction of sp³-hybridized carbons (Fsp3) is 0.714. The summed E-state index contributed by atoms with van der Waals surface area (Å²) in [4.78, 5) is 7.19. The summed E-state index contributed by atoms with van der Waals surface area (Å²) in [6, 6.07) is 0. The second-order valence-corrected chi connectivity index (χ2v) is 5.33. The van der Waals surface area contributed by atoms with Crippen LogP contribution in [-0.2, 0) is 0 Å². The molecule has 0 saturated heterocycles. The maximum atomic E-state index is 3.65. The smallest absolute Gasteiger partial charge is 0.137 e. The molecule has 0 bridgehead atoms. The Labute approximate surface area is 129 Å². The second kappa shape index (κ2) is 22.8. The van der Waals surface area contributed by atoms with Gasteiger partial charge in [-0.25, -0.2) is 9.97 Å². The first-order valence-electron chi connectivity index (χ1n) is 5.94. The highest BCUT2D eigenvalue weighted by Crippen LogP contribution is 1.81. The van der Waals surface area contributed by atoms with E-state index < -0.39 is 0 Å². The Morgan fingerprint density at radius 3 is 1.45 bits per heavy atom. The molecule has 5 nitrogen and oxygen atoms in total. The molecule has 0 atom stereocenters. The summed E-state index contributed by atoms with van der Waals surface area (Å²) >= 11 is 1.35. The van der Waals surface area contributed by atoms with Crippen molar-refractivity contribution in [2.24, 2.45) is 11.8 Å². The van der Waals surface area contributed by atoms with Crippen LogP contribution in [0.4, 0.5) is 0 Å². The molecule has 6 heteroatoms. The Balaban J connectivity index is -0.0000000833. The maximum absolute atomic E-state index is 3.65. The van der Waals surface area contributed by atoms with Crippen LogP contribution in [-0.4, -0.2) is 24.5 Å². The van der Waals surface area contributed by atoms with Crippen LogP contribution in [0, 0.1) is 11.8 Å². The van der Waals surface area contributed by atoms with E-state index in [0.29, 0.717) is 0 Å². The monoisotopic (exact) mass is 303 g/mol. The number of hydrogen-bond donors (Lipinski definition) is 1. The number of rotatable bonds is 0. The minimum atomic E-state index is 0. The van der Waals surface area contributed by atoms with E-state index in [4.69, 9.17) is 0 Å². The number of nitrogens with one attached hydrogen (secondary N) is 1. The molecule has 2 aromatic heterocycles. The molecule has 0 aliphatic carbocycles. The van der Waals surface area contributed by atoms with Gasteiger partial charge in [0, 0.05) is 0 Å². The first-order chi connectivity index (χ1) is 8.46. The quantitative estimate of drug-likeness (QED) is 0.748. The standard InChI is InChI=1S/2C4H10.C2H3N3.C2H2N2S.2CH4/c2*1-4(2)3;2*1-3-2-5-4-1;;/h2*4H,1-3H3;1-2H,(H,3,4,5);1-2H;2*1H4. The zero-order valence-corrected chi connectivity index (χ0v) is 13.0. The number of hydrogen-bond acceptors (Lipinski definition) is 5. The lowest BCUT2D eigenvalue weighted by atomic mass is 10.3. The molecule has 0 radical (unpaired) electrons. The third kappa shape index (κ3) is 54.4. The summed E-state index contributed by atoms with van der Waals surface area (Å²) in [6.45, 7) is 13.0. The molecule has 0 saturated carbocycles. The Morgan fingerprint density at radius 1 is 0.850 bits per heavy atom. The van der Waals surface area contributed by atoms with Crippen molar-refractivity contribution in [3.05, 3.63) is 24.5 Å². The first-order valence-corrected chi connectivity index (χ1v) is 6.78. The second-order valence-electron chi connectivity index (χ2n) is 4.70. The van der Waals surface area contributed by atoms with Gasteiger partial charge in [0.05, 0.1) is 0 Å². The molecular weight excluding hydrogens is 270 g/mol. The van der Waals surface area contributed by atoms with Crippen molar-refractivity contribution in [3.63, 3.8) is 0 Å². The molecule has 2 rings (SSSR count). The van der Waals surface area contributed by atoms with E-state index in [0.717, 1.165) is 11.8 Å². The number of aromatic amines is 1. The van der Waals surface area contributed by atoms with Gasteiger partial charge in [-0.1, -0.05) is 56.4 Å². The van der Waals surface area contributed by atoms with Crippen LogP contribution in [0.5, 0.6) is 0 Å². The highest BCUT2D eigenvalue weighted by molar-refractivity contribution is 7.03. The summed E-state index contributed by atoms with van der Waals surface area (Å²) in [6.07, 6.45) is 4.48. The number of aromatic nitrogens is 5. The van der Waals surface area contributed by atoms with Gasteiger partial charge in [0.1, 0.15) is 24.5 Å². The van der Waals surface area contributed by atoms with E-state index in [-0.39, 0.29) is 14.9 Å². The zero-order valence-electron chi connectivity index (χ0n) is 12.2. The minimum Gasteiger partial charge on any atom is -0.266 e. The topological polar surface area (TPSA) is 67.3 Å². The summed E-state index contributed by atoms with van der Waals surface area (Å²) in [5, 5.41) is 5.99. The Kier molecular flexibility index (Phi) is 31.0. The summed E-state index contributed by atoms with van der Waals surface area (Å²) in [7, 11) is 0. The summed E-state index contributed by atoms with van der Waals surface area (Å²) in [5.74, 6) is 1.67. The first kappa shape index (κ1) is 27.1. The van der Waals surface area contributed by atoms with Crippen LogP contribution in [0.2, 0.25) is 0 Å². The molecule has 0 amide bonds. The van der Waals surface area contributed by atoms with Gasteiger partial charge in [-0.3, -0.25) is 5.10 Å². The average molecular weight is 304 g/mol. The third-order valence-electron chi connectivity index (χ3n) is 0.614. The van der Waals surface area contributed by atoms with Crippen molar-refractivity contribution in [1.82, 2.24) is 24.5 Å². The van der Waals surface area contributed by atoms with Crippen LogP contribution in [0.15, 0.2) is 24.5 Å². The largest absolute Gasteiger partial charge is 0.266 e.